The summed E-state index contributed by atoms with van der Waals surface area (Å²) in [5.74, 6) is -0.101. The number of imidazole rings is 1. The highest BCUT2D eigenvalue weighted by Crippen LogP contribution is 2.32. The maximum absolute atomic E-state index is 13.1. The maximum Gasteiger partial charge on any atom is 0.295 e. The summed E-state index contributed by atoms with van der Waals surface area (Å²) in [5, 5.41) is 0.610. The molecule has 2 aromatic carbocycles. The molecule has 1 amide bonds. The zero-order valence-electron chi connectivity index (χ0n) is 14.5. The maximum atomic E-state index is 13.1. The Morgan fingerprint density at radius 3 is 2.62 bits per heavy atom. The van der Waals surface area contributed by atoms with Crippen LogP contribution < -0.4 is 9.47 Å². The predicted octanol–water partition coefficient (Wildman–Crippen LogP) is 2.98. The number of benzene rings is 2. The van der Waals surface area contributed by atoms with Gasteiger partial charge in [-0.05, 0) is 18.2 Å². The lowest BCUT2D eigenvalue weighted by Gasteiger charge is -2.19. The number of amides is 1. The Bertz CT molecular complexity index is 1010. The molecule has 1 aromatic heterocycles. The van der Waals surface area contributed by atoms with E-state index in [1.54, 1.807) is 18.0 Å². The van der Waals surface area contributed by atoms with Crippen molar-refractivity contribution in [1.29, 1.82) is 0 Å². The molecule has 1 unspecified atom stereocenters. The highest BCUT2D eigenvalue weighted by Gasteiger charge is 2.34. The second-order valence-corrected chi connectivity index (χ2v) is 6.74. The Labute approximate surface area is 156 Å². The van der Waals surface area contributed by atoms with Crippen molar-refractivity contribution >= 4 is 28.9 Å². The van der Waals surface area contributed by atoms with Crippen molar-refractivity contribution in [2.45, 2.75) is 6.17 Å². The van der Waals surface area contributed by atoms with Crippen LogP contribution in [0.15, 0.2) is 72.2 Å². The SMILES string of the molecule is CN1C(=O)C(n2cc[n+](C)c2)N=C(c2ccccc2)c2cc(Cl)ccc21. The number of aryl methyl sites for hydroxylation is 1. The van der Waals surface area contributed by atoms with Crippen LogP contribution in [0.3, 0.4) is 0 Å². The van der Waals surface area contributed by atoms with E-state index in [1.165, 1.54) is 0 Å². The fourth-order valence-electron chi connectivity index (χ4n) is 3.16. The Morgan fingerprint density at radius 2 is 1.92 bits per heavy atom. The van der Waals surface area contributed by atoms with E-state index < -0.39 is 6.17 Å². The third-order valence-corrected chi connectivity index (χ3v) is 4.73. The third-order valence-electron chi connectivity index (χ3n) is 4.50. The molecule has 0 fully saturated rings. The van der Waals surface area contributed by atoms with Crippen molar-refractivity contribution in [2.24, 2.45) is 12.0 Å². The Morgan fingerprint density at radius 1 is 1.15 bits per heavy atom. The van der Waals surface area contributed by atoms with Gasteiger partial charge >= 0.3 is 0 Å². The molecular weight excluding hydrogens is 348 g/mol. The molecule has 3 aromatic rings. The van der Waals surface area contributed by atoms with Gasteiger partial charge in [-0.2, -0.15) is 0 Å². The molecular formula is C20H18ClN4O+. The summed E-state index contributed by atoms with van der Waals surface area (Å²) in [5.41, 5.74) is 3.34. The zero-order chi connectivity index (χ0) is 18.3. The van der Waals surface area contributed by atoms with Crippen LogP contribution in [-0.4, -0.2) is 23.2 Å². The van der Waals surface area contributed by atoms with E-state index in [-0.39, 0.29) is 5.91 Å². The number of aliphatic imine (C=N–C) groups is 1. The van der Waals surface area contributed by atoms with Crippen molar-refractivity contribution in [2.75, 3.05) is 11.9 Å². The number of halogens is 1. The first-order chi connectivity index (χ1) is 12.5. The summed E-state index contributed by atoms with van der Waals surface area (Å²) in [4.78, 5) is 19.6. The first-order valence-corrected chi connectivity index (χ1v) is 8.66. The van der Waals surface area contributed by atoms with Crippen molar-refractivity contribution in [3.05, 3.63) is 83.4 Å². The molecule has 0 radical (unpaired) electrons. The van der Waals surface area contributed by atoms with Gasteiger partial charge < -0.3 is 4.90 Å². The lowest BCUT2D eigenvalue weighted by atomic mass is 10.0. The normalized spacial score (nSPS) is 16.9. The summed E-state index contributed by atoms with van der Waals surface area (Å²) in [6.45, 7) is 0. The highest BCUT2D eigenvalue weighted by atomic mass is 35.5. The molecule has 2 heterocycles. The fraction of sp³-hybridized carbons (Fsp3) is 0.150. The molecule has 1 aliphatic rings. The summed E-state index contributed by atoms with van der Waals surface area (Å²) in [7, 11) is 3.69. The van der Waals surface area contributed by atoms with E-state index in [0.29, 0.717) is 5.02 Å². The summed E-state index contributed by atoms with van der Waals surface area (Å²) >= 11 is 6.26. The van der Waals surface area contributed by atoms with Crippen LogP contribution in [0.2, 0.25) is 5.02 Å². The standard InChI is InChI=1S/C20H18ClN4O/c1-23-10-11-25(13-23)19-20(26)24(2)17-9-8-15(21)12-16(17)18(22-19)14-6-4-3-5-7-14/h3-13,19H,1-2H3/q+1. The minimum Gasteiger partial charge on any atom is -0.309 e. The minimum atomic E-state index is -0.678. The van der Waals surface area contributed by atoms with Crippen LogP contribution in [0, 0.1) is 0 Å². The molecule has 0 N–H and O–H groups in total. The van der Waals surface area contributed by atoms with Crippen LogP contribution in [0.25, 0.3) is 0 Å². The molecule has 26 heavy (non-hydrogen) atoms. The van der Waals surface area contributed by atoms with Crippen LogP contribution >= 0.6 is 11.6 Å². The number of hydrogen-bond acceptors (Lipinski definition) is 2. The van der Waals surface area contributed by atoms with Crippen molar-refractivity contribution in [1.82, 2.24) is 4.57 Å². The summed E-state index contributed by atoms with van der Waals surface area (Å²) < 4.78 is 3.70. The Kier molecular flexibility index (Phi) is 4.09. The molecule has 0 aliphatic carbocycles. The third kappa shape index (κ3) is 2.80. The molecule has 0 spiro atoms. The summed E-state index contributed by atoms with van der Waals surface area (Å²) in [6.07, 6.45) is 4.92. The quantitative estimate of drug-likeness (QED) is 0.644. The van der Waals surface area contributed by atoms with E-state index in [4.69, 9.17) is 16.6 Å². The molecule has 4 rings (SSSR count). The van der Waals surface area contributed by atoms with E-state index >= 15 is 0 Å². The van der Waals surface area contributed by atoms with Gasteiger partial charge in [-0.1, -0.05) is 41.9 Å². The van der Waals surface area contributed by atoms with Gasteiger partial charge in [0.05, 0.1) is 18.4 Å². The number of rotatable bonds is 2. The molecule has 1 aliphatic heterocycles. The molecule has 0 saturated heterocycles. The molecule has 6 heteroatoms. The van der Waals surface area contributed by atoms with Gasteiger partial charge in [0.2, 0.25) is 6.33 Å². The number of aromatic nitrogens is 2. The van der Waals surface area contributed by atoms with Crippen LogP contribution in [0.4, 0.5) is 5.69 Å². The number of benzodiazepines with no additional fused rings is 1. The topological polar surface area (TPSA) is 41.5 Å². The molecule has 1 atom stereocenters. The number of carbonyl (C=O) groups is 1. The van der Waals surface area contributed by atoms with Gasteiger partial charge in [0.25, 0.3) is 12.1 Å². The smallest absolute Gasteiger partial charge is 0.295 e. The lowest BCUT2D eigenvalue weighted by molar-refractivity contribution is -0.671. The van der Waals surface area contributed by atoms with Crippen LogP contribution in [0.5, 0.6) is 0 Å². The van der Waals surface area contributed by atoms with Crippen LogP contribution in [0.1, 0.15) is 17.3 Å². The lowest BCUT2D eigenvalue weighted by Crippen LogP contribution is -2.33. The Balaban J connectivity index is 1.98. The molecule has 130 valence electrons. The number of hydrogen-bond donors (Lipinski definition) is 0. The van der Waals surface area contributed by atoms with E-state index in [9.17, 15) is 4.79 Å². The van der Waals surface area contributed by atoms with Crippen molar-refractivity contribution in [3.63, 3.8) is 0 Å². The van der Waals surface area contributed by atoms with E-state index in [2.05, 4.69) is 0 Å². The number of fused-ring (bicyclic) bond motifs is 1. The largest absolute Gasteiger partial charge is 0.309 e. The van der Waals surface area contributed by atoms with Gasteiger partial charge in [-0.15, -0.1) is 0 Å². The average molecular weight is 366 g/mol. The van der Waals surface area contributed by atoms with Gasteiger partial charge in [0.1, 0.15) is 12.4 Å². The molecule has 0 saturated carbocycles. The highest BCUT2D eigenvalue weighted by molar-refractivity contribution is 6.32. The van der Waals surface area contributed by atoms with Gasteiger partial charge in [-0.25, -0.2) is 14.1 Å². The van der Waals surface area contributed by atoms with Gasteiger partial charge in [0, 0.05) is 23.2 Å². The zero-order valence-corrected chi connectivity index (χ0v) is 15.3. The van der Waals surface area contributed by atoms with Crippen molar-refractivity contribution in [3.8, 4) is 0 Å². The second-order valence-electron chi connectivity index (χ2n) is 6.30. The van der Waals surface area contributed by atoms with E-state index in [0.717, 1.165) is 22.5 Å². The second kappa shape index (κ2) is 6.42. The number of carbonyl (C=O) groups excluding carboxylic acids is 1. The summed E-state index contributed by atoms with van der Waals surface area (Å²) in [6, 6.07) is 15.4. The number of nitrogens with zero attached hydrogens (tertiary/aromatic N) is 4. The fourth-order valence-corrected chi connectivity index (χ4v) is 3.34. The predicted molar refractivity (Wildman–Crippen MR) is 102 cm³/mol. The van der Waals surface area contributed by atoms with Gasteiger partial charge in [0.15, 0.2) is 0 Å². The Hall–Kier alpha value is -2.92. The van der Waals surface area contributed by atoms with E-state index in [1.807, 2.05) is 77.4 Å². The first kappa shape index (κ1) is 16.5. The average Bonchev–Trinajstić information content (AvgIpc) is 3.04. The minimum absolute atomic E-state index is 0.101. The van der Waals surface area contributed by atoms with Gasteiger partial charge in [-0.3, -0.25) is 4.79 Å². The van der Waals surface area contributed by atoms with Crippen LogP contribution in [-0.2, 0) is 11.8 Å². The monoisotopic (exact) mass is 365 g/mol. The molecule has 5 nitrogen and oxygen atoms in total. The number of likely N-dealkylation sites (N-methyl/N-ethyl adjacent to an activating group) is 1. The number of anilines is 1. The first-order valence-electron chi connectivity index (χ1n) is 8.28. The molecule has 0 bridgehead atoms. The van der Waals surface area contributed by atoms with Crippen molar-refractivity contribution < 1.29 is 9.36 Å².